The van der Waals surface area contributed by atoms with E-state index in [0.29, 0.717) is 5.56 Å². The molecule has 3 aromatic rings. The van der Waals surface area contributed by atoms with Crippen LogP contribution in [-0.2, 0) is 14.3 Å². The minimum atomic E-state index is -0.613. The van der Waals surface area contributed by atoms with Gasteiger partial charge in [0.25, 0.3) is 11.1 Å². The topological polar surface area (TPSA) is 97.7 Å². The predicted molar refractivity (Wildman–Crippen MR) is 139 cm³/mol. The quantitative estimate of drug-likeness (QED) is 0.362. The molecule has 0 spiro atoms. The fourth-order valence-electron chi connectivity index (χ4n) is 4.14. The second kappa shape index (κ2) is 10.4. The highest BCUT2D eigenvalue weighted by Crippen LogP contribution is 2.34. The zero-order valence-corrected chi connectivity index (χ0v) is 21.4. The summed E-state index contributed by atoms with van der Waals surface area (Å²) in [6.45, 7) is 5.22. The van der Waals surface area contributed by atoms with Crippen molar-refractivity contribution < 1.29 is 28.3 Å². The summed E-state index contributed by atoms with van der Waals surface area (Å²) in [6.07, 6.45) is 1.63. The molecule has 0 aliphatic carbocycles. The lowest BCUT2D eigenvalue weighted by molar-refractivity contribution is -0.127. The molecule has 2 aromatic carbocycles. The molecular weight excluding hydrogens is 497 g/mol. The van der Waals surface area contributed by atoms with E-state index in [4.69, 9.17) is 4.74 Å². The number of amides is 3. The number of halogens is 1. The van der Waals surface area contributed by atoms with E-state index in [1.54, 1.807) is 18.2 Å². The van der Waals surface area contributed by atoms with E-state index in [0.717, 1.165) is 50.9 Å². The number of benzene rings is 2. The van der Waals surface area contributed by atoms with Gasteiger partial charge in [-0.25, -0.2) is 9.18 Å². The lowest BCUT2D eigenvalue weighted by atomic mass is 10.1. The number of hydrogen-bond donors (Lipinski definition) is 1. The summed E-state index contributed by atoms with van der Waals surface area (Å²) in [5.41, 5.74) is 4.87. The Morgan fingerprint density at radius 3 is 2.51 bits per heavy atom. The summed E-state index contributed by atoms with van der Waals surface area (Å²) < 4.78 is 20.1. The minimum absolute atomic E-state index is 0.196. The molecule has 0 bridgehead atoms. The number of hydrogen-bond acceptors (Lipinski definition) is 6. The third-order valence-corrected chi connectivity index (χ3v) is 6.81. The van der Waals surface area contributed by atoms with E-state index >= 15 is 0 Å². The van der Waals surface area contributed by atoms with Gasteiger partial charge >= 0.3 is 5.97 Å². The van der Waals surface area contributed by atoms with Gasteiger partial charge in [0.05, 0.1) is 17.6 Å². The van der Waals surface area contributed by atoms with Crippen molar-refractivity contribution in [1.29, 1.82) is 0 Å². The number of rotatable bonds is 6. The normalized spacial score (nSPS) is 14.4. The van der Waals surface area contributed by atoms with Crippen molar-refractivity contribution in [3.63, 3.8) is 0 Å². The van der Waals surface area contributed by atoms with Crippen LogP contribution in [0.3, 0.4) is 0 Å². The first kappa shape index (κ1) is 25.9. The number of anilines is 1. The number of nitrogens with one attached hydrogen (secondary N) is 1. The molecule has 1 N–H and O–H groups in total. The molecule has 1 aliphatic heterocycles. The Morgan fingerprint density at radius 1 is 1.08 bits per heavy atom. The lowest BCUT2D eigenvalue weighted by Crippen LogP contribution is -2.36. The van der Waals surface area contributed by atoms with Gasteiger partial charge in [-0.3, -0.25) is 19.3 Å². The van der Waals surface area contributed by atoms with Gasteiger partial charge in [-0.05, 0) is 92.2 Å². The highest BCUT2D eigenvalue weighted by atomic mass is 32.2. The highest BCUT2D eigenvalue weighted by Gasteiger charge is 2.36. The second-order valence-corrected chi connectivity index (χ2v) is 9.47. The van der Waals surface area contributed by atoms with E-state index in [1.807, 2.05) is 37.5 Å². The van der Waals surface area contributed by atoms with Crippen LogP contribution in [0.5, 0.6) is 0 Å². The maximum Gasteiger partial charge on any atom is 0.337 e. The van der Waals surface area contributed by atoms with E-state index in [-0.39, 0.29) is 10.6 Å². The molecule has 1 aliphatic rings. The van der Waals surface area contributed by atoms with Crippen molar-refractivity contribution in [2.24, 2.45) is 0 Å². The number of ether oxygens (including phenoxy) is 1. The molecular formula is C27H24FN3O5S. The molecule has 37 heavy (non-hydrogen) atoms. The monoisotopic (exact) mass is 521 g/mol. The van der Waals surface area contributed by atoms with Crippen LogP contribution >= 0.6 is 11.8 Å². The Morgan fingerprint density at radius 2 is 1.84 bits per heavy atom. The number of imide groups is 1. The Kier molecular flexibility index (Phi) is 7.30. The minimum Gasteiger partial charge on any atom is -0.465 e. The Hall–Kier alpha value is -4.18. The van der Waals surface area contributed by atoms with Crippen molar-refractivity contribution in [2.75, 3.05) is 19.0 Å². The van der Waals surface area contributed by atoms with Crippen LogP contribution in [-0.4, -0.2) is 46.1 Å². The van der Waals surface area contributed by atoms with Gasteiger partial charge in [0, 0.05) is 22.8 Å². The number of methoxy groups -OCH3 is 1. The molecule has 0 atom stereocenters. The molecule has 1 aromatic heterocycles. The van der Waals surface area contributed by atoms with Gasteiger partial charge in [-0.2, -0.15) is 0 Å². The number of carbonyl (C=O) groups is 4. The third-order valence-electron chi connectivity index (χ3n) is 5.90. The van der Waals surface area contributed by atoms with Gasteiger partial charge < -0.3 is 14.6 Å². The Bertz CT molecular complexity index is 1480. The molecule has 0 unspecified atom stereocenters. The fraction of sp³-hybridized carbons (Fsp3) is 0.185. The van der Waals surface area contributed by atoms with Gasteiger partial charge in [-0.1, -0.05) is 6.07 Å². The number of nitrogens with zero attached hydrogens (tertiary/aromatic N) is 2. The first-order chi connectivity index (χ1) is 17.6. The molecule has 190 valence electrons. The summed E-state index contributed by atoms with van der Waals surface area (Å²) >= 11 is 0.756. The van der Waals surface area contributed by atoms with Crippen LogP contribution in [0.1, 0.15) is 32.9 Å². The number of aromatic nitrogens is 1. The molecule has 0 radical (unpaired) electrons. The van der Waals surface area contributed by atoms with Gasteiger partial charge in [0.15, 0.2) is 0 Å². The Balaban J connectivity index is 1.55. The largest absolute Gasteiger partial charge is 0.465 e. The maximum atomic E-state index is 13.4. The highest BCUT2D eigenvalue weighted by molar-refractivity contribution is 8.18. The average molecular weight is 522 g/mol. The van der Waals surface area contributed by atoms with E-state index in [1.165, 1.54) is 25.3 Å². The van der Waals surface area contributed by atoms with Crippen LogP contribution in [0.2, 0.25) is 0 Å². The van der Waals surface area contributed by atoms with Crippen LogP contribution in [0.4, 0.5) is 14.9 Å². The molecule has 1 saturated heterocycles. The number of aryl methyl sites for hydroxylation is 2. The lowest BCUT2D eigenvalue weighted by Gasteiger charge is -2.14. The molecule has 8 nitrogen and oxygen atoms in total. The van der Waals surface area contributed by atoms with Crippen LogP contribution in [0.25, 0.3) is 11.8 Å². The van der Waals surface area contributed by atoms with Crippen molar-refractivity contribution in [3.05, 3.63) is 87.3 Å². The van der Waals surface area contributed by atoms with Crippen molar-refractivity contribution in [1.82, 2.24) is 9.47 Å². The van der Waals surface area contributed by atoms with Crippen LogP contribution < -0.4 is 5.32 Å². The zero-order valence-electron chi connectivity index (χ0n) is 20.6. The molecule has 3 amide bonds. The first-order valence-corrected chi connectivity index (χ1v) is 12.1. The van der Waals surface area contributed by atoms with E-state index < -0.39 is 35.4 Å². The van der Waals surface area contributed by atoms with Crippen molar-refractivity contribution >= 4 is 46.5 Å². The van der Waals surface area contributed by atoms with E-state index in [9.17, 15) is 23.6 Å². The molecule has 1 fully saturated rings. The summed E-state index contributed by atoms with van der Waals surface area (Å²) in [6, 6.07) is 12.5. The smallest absolute Gasteiger partial charge is 0.337 e. The van der Waals surface area contributed by atoms with Gasteiger partial charge in [0.2, 0.25) is 5.91 Å². The van der Waals surface area contributed by atoms with Crippen LogP contribution in [0, 0.1) is 26.6 Å². The molecule has 4 rings (SSSR count). The summed E-state index contributed by atoms with van der Waals surface area (Å²) in [5.74, 6) is -2.12. The predicted octanol–water partition coefficient (Wildman–Crippen LogP) is 5.00. The molecule has 2 heterocycles. The second-order valence-electron chi connectivity index (χ2n) is 8.48. The van der Waals surface area contributed by atoms with Crippen molar-refractivity contribution in [3.8, 4) is 5.69 Å². The number of thioether (sulfide) groups is 1. The van der Waals surface area contributed by atoms with Crippen LogP contribution in [0.15, 0.2) is 53.4 Å². The molecule has 10 heteroatoms. The van der Waals surface area contributed by atoms with Gasteiger partial charge in [-0.15, -0.1) is 0 Å². The maximum absolute atomic E-state index is 13.4. The Labute approximate surface area is 217 Å². The standard InChI is InChI=1S/C27H24FN3O5S/c1-15-10-18(26(34)36-4)8-9-22(15)31-16(2)11-19(17(31)3)12-23-25(33)30(27(35)37-23)14-24(32)29-21-7-5-6-20(28)13-21/h5-13H,14H2,1-4H3,(H,29,32)/b23-12+. The summed E-state index contributed by atoms with van der Waals surface area (Å²) in [7, 11) is 1.33. The zero-order chi connectivity index (χ0) is 26.9. The summed E-state index contributed by atoms with van der Waals surface area (Å²) in [4.78, 5) is 50.7. The molecule has 0 saturated carbocycles. The SMILES string of the molecule is COC(=O)c1ccc(-n2c(C)cc(/C=C3/SC(=O)N(CC(=O)Nc4cccc(F)c4)C3=O)c2C)c(C)c1. The number of carbonyl (C=O) groups excluding carboxylic acids is 4. The van der Waals surface area contributed by atoms with Gasteiger partial charge in [0.1, 0.15) is 12.4 Å². The van der Waals surface area contributed by atoms with E-state index in [2.05, 4.69) is 5.32 Å². The number of esters is 1. The third kappa shape index (κ3) is 5.34. The first-order valence-electron chi connectivity index (χ1n) is 11.3. The average Bonchev–Trinajstić information content (AvgIpc) is 3.27. The summed E-state index contributed by atoms with van der Waals surface area (Å²) in [5, 5.41) is 1.93. The fourth-order valence-corrected chi connectivity index (χ4v) is 4.97. The van der Waals surface area contributed by atoms with Crippen molar-refractivity contribution in [2.45, 2.75) is 20.8 Å².